The molecule has 6 rings (SSSR count). The van der Waals surface area contributed by atoms with Crippen LogP contribution in [0, 0.1) is 17.1 Å². The van der Waals surface area contributed by atoms with E-state index in [0.717, 1.165) is 34.0 Å². The number of urea groups is 1. The van der Waals surface area contributed by atoms with E-state index in [-0.39, 0.29) is 12.6 Å². The molecule has 5 aromatic heterocycles. The largest absolute Gasteiger partial charge is 0.334 e. The van der Waals surface area contributed by atoms with Gasteiger partial charge in [-0.1, -0.05) is 12.1 Å². The van der Waals surface area contributed by atoms with Crippen molar-refractivity contribution in [2.24, 2.45) is 7.05 Å². The van der Waals surface area contributed by atoms with E-state index in [4.69, 9.17) is 0 Å². The van der Waals surface area contributed by atoms with E-state index in [1.54, 1.807) is 44.8 Å². The van der Waals surface area contributed by atoms with Crippen LogP contribution in [0.2, 0.25) is 0 Å². The van der Waals surface area contributed by atoms with Gasteiger partial charge in [-0.3, -0.25) is 4.68 Å². The molecule has 1 aliphatic rings. The van der Waals surface area contributed by atoms with Gasteiger partial charge in [0.25, 0.3) is 0 Å². The first kappa shape index (κ1) is 23.1. The van der Waals surface area contributed by atoms with Gasteiger partial charge in [-0.05, 0) is 23.3 Å². The van der Waals surface area contributed by atoms with Crippen molar-refractivity contribution in [3.63, 3.8) is 0 Å². The lowest BCUT2D eigenvalue weighted by Crippen LogP contribution is -2.38. The van der Waals surface area contributed by atoms with Crippen molar-refractivity contribution in [1.29, 1.82) is 5.26 Å². The molecule has 0 unspecified atom stereocenters. The second-order valence-electron chi connectivity index (χ2n) is 8.90. The van der Waals surface area contributed by atoms with Crippen LogP contribution in [-0.4, -0.2) is 58.2 Å². The third kappa shape index (κ3) is 4.26. The maximum atomic E-state index is 13.2. The van der Waals surface area contributed by atoms with Crippen LogP contribution in [0.25, 0.3) is 28.0 Å². The fourth-order valence-corrected chi connectivity index (χ4v) is 4.45. The number of aryl methyl sites for hydroxylation is 1. The molecule has 0 radical (unpaired) electrons. The summed E-state index contributed by atoms with van der Waals surface area (Å²) in [5.41, 5.74) is 5.59. The predicted molar refractivity (Wildman–Crippen MR) is 135 cm³/mol. The number of halogens is 1. The van der Waals surface area contributed by atoms with Crippen molar-refractivity contribution in [3.05, 3.63) is 90.2 Å². The van der Waals surface area contributed by atoms with Crippen molar-refractivity contribution >= 4 is 17.1 Å². The topological polar surface area (TPSA) is 122 Å². The predicted octanol–water partition coefficient (Wildman–Crippen LogP) is 2.94. The van der Waals surface area contributed by atoms with Crippen LogP contribution < -0.4 is 5.32 Å². The minimum Gasteiger partial charge on any atom is -0.334 e. The number of aromatic nitrogens is 7. The molecule has 0 fully saturated rings. The number of amides is 2. The van der Waals surface area contributed by atoms with Crippen LogP contribution in [0.1, 0.15) is 16.7 Å². The average molecular weight is 509 g/mol. The van der Waals surface area contributed by atoms with E-state index >= 15 is 0 Å². The van der Waals surface area contributed by atoms with Crippen LogP contribution in [0.5, 0.6) is 0 Å². The summed E-state index contributed by atoms with van der Waals surface area (Å²) in [5, 5.41) is 25.1. The number of hydrogen-bond donors (Lipinski definition) is 1. The molecule has 0 saturated heterocycles. The van der Waals surface area contributed by atoms with E-state index in [0.29, 0.717) is 30.0 Å². The van der Waals surface area contributed by atoms with E-state index < -0.39 is 5.82 Å². The fraction of sp³-hybridized carbons (Fsp3) is 0.154. The lowest BCUT2D eigenvalue weighted by atomic mass is 10.0. The fourth-order valence-electron chi connectivity index (χ4n) is 4.45. The Morgan fingerprint density at radius 3 is 2.71 bits per heavy atom. The third-order valence-electron chi connectivity index (χ3n) is 6.36. The molecule has 12 heteroatoms. The van der Waals surface area contributed by atoms with Gasteiger partial charge < -0.3 is 10.2 Å². The summed E-state index contributed by atoms with van der Waals surface area (Å²) in [6.07, 6.45) is 13.1. The van der Waals surface area contributed by atoms with Crippen molar-refractivity contribution < 1.29 is 9.18 Å². The first-order valence-electron chi connectivity index (χ1n) is 11.8. The summed E-state index contributed by atoms with van der Waals surface area (Å²) in [6, 6.07) is 7.53. The van der Waals surface area contributed by atoms with Crippen molar-refractivity contribution in [1.82, 2.24) is 44.4 Å². The molecule has 0 spiro atoms. The summed E-state index contributed by atoms with van der Waals surface area (Å²) in [7, 11) is 1.85. The van der Waals surface area contributed by atoms with Crippen LogP contribution in [-0.2, 0) is 13.6 Å². The van der Waals surface area contributed by atoms with Gasteiger partial charge in [-0.25, -0.2) is 23.4 Å². The van der Waals surface area contributed by atoms with E-state index in [2.05, 4.69) is 31.7 Å². The van der Waals surface area contributed by atoms with Crippen molar-refractivity contribution in [3.8, 4) is 23.0 Å². The summed E-state index contributed by atoms with van der Waals surface area (Å²) in [6.45, 7) is 1.10. The van der Waals surface area contributed by atoms with E-state index in [1.807, 2.05) is 31.6 Å². The Morgan fingerprint density at radius 2 is 2.00 bits per heavy atom. The summed E-state index contributed by atoms with van der Waals surface area (Å²) in [4.78, 5) is 18.9. The Kier molecular flexibility index (Phi) is 5.65. The van der Waals surface area contributed by atoms with Gasteiger partial charge in [0.1, 0.15) is 6.07 Å². The second kappa shape index (κ2) is 9.29. The van der Waals surface area contributed by atoms with Gasteiger partial charge in [0.05, 0.1) is 35.9 Å². The number of fused-ring (bicyclic) bond motifs is 1. The molecule has 0 atom stereocenters. The molecule has 6 heterocycles. The van der Waals surface area contributed by atoms with Crippen molar-refractivity contribution in [2.45, 2.75) is 6.54 Å². The summed E-state index contributed by atoms with van der Waals surface area (Å²) in [5.74, 6) is 0.0390. The van der Waals surface area contributed by atoms with E-state index in [1.165, 1.54) is 10.9 Å². The van der Waals surface area contributed by atoms with E-state index in [9.17, 15) is 14.4 Å². The average Bonchev–Trinajstić information content (AvgIpc) is 3.74. The molecular weight excluding hydrogens is 487 g/mol. The first-order valence-corrected chi connectivity index (χ1v) is 11.8. The minimum atomic E-state index is -0.441. The Labute approximate surface area is 216 Å². The molecule has 0 aliphatic carbocycles. The van der Waals surface area contributed by atoms with Gasteiger partial charge in [0.15, 0.2) is 11.6 Å². The first-order chi connectivity index (χ1) is 18.5. The molecule has 38 heavy (non-hydrogen) atoms. The molecular formula is C26H21FN10O. The second-order valence-corrected chi connectivity index (χ2v) is 8.90. The molecule has 188 valence electrons. The molecule has 0 aromatic carbocycles. The third-order valence-corrected chi connectivity index (χ3v) is 6.36. The zero-order valence-electron chi connectivity index (χ0n) is 20.3. The number of carbonyl (C=O) groups excluding carboxylic acids is 1. The highest BCUT2D eigenvalue weighted by molar-refractivity contribution is 5.88. The molecule has 5 aromatic rings. The molecule has 0 saturated carbocycles. The van der Waals surface area contributed by atoms with Crippen LogP contribution >= 0.6 is 0 Å². The number of pyridine rings is 2. The number of hydrogen-bond acceptors (Lipinski definition) is 6. The summed E-state index contributed by atoms with van der Waals surface area (Å²) < 4.78 is 18.0. The molecule has 1 N–H and O–H groups in total. The van der Waals surface area contributed by atoms with Crippen molar-refractivity contribution in [2.75, 3.05) is 13.1 Å². The highest BCUT2D eigenvalue weighted by Crippen LogP contribution is 2.31. The lowest BCUT2D eigenvalue weighted by Gasteiger charge is -2.18. The Morgan fingerprint density at radius 1 is 1.11 bits per heavy atom. The number of rotatable bonds is 5. The smallest absolute Gasteiger partial charge is 0.318 e. The van der Waals surface area contributed by atoms with Gasteiger partial charge in [0.2, 0.25) is 0 Å². The number of nitrogens with one attached hydrogen (secondary N) is 1. The Balaban J connectivity index is 1.17. The maximum Gasteiger partial charge on any atom is 0.318 e. The summed E-state index contributed by atoms with van der Waals surface area (Å²) >= 11 is 0. The number of nitrogens with zero attached hydrogens (tertiary/aromatic N) is 9. The Hall–Kier alpha value is -5.31. The Bertz CT molecular complexity index is 1740. The number of nitriles is 1. The highest BCUT2D eigenvalue weighted by Gasteiger charge is 2.24. The standard InChI is InChI=1S/C26H21FN10O/c1-34-13-21(11-31-34)19-6-23(25-20(7-28)10-32-37(25)15-19)18-4-5-35(14-18)26(38)30-9-17-2-3-24(29-8-17)36-16-22(27)12-33-36/h2-4,6,8,10-13,15-16H,5,9,14H2,1H3,(H,30,38). The molecule has 0 bridgehead atoms. The molecule has 11 nitrogen and oxygen atoms in total. The molecule has 1 aliphatic heterocycles. The number of carbonyl (C=O) groups is 1. The SMILES string of the molecule is Cn1cc(-c2cc(C3=CCN(C(=O)NCc4ccc(-n5cc(F)cn5)nc4)C3)c3c(C#N)cnn3c2)cn1. The minimum absolute atomic E-state index is 0.220. The molecule has 2 amide bonds. The maximum absolute atomic E-state index is 13.2. The van der Waals surface area contributed by atoms with Gasteiger partial charge in [-0.15, -0.1) is 0 Å². The zero-order valence-corrected chi connectivity index (χ0v) is 20.3. The van der Waals surface area contributed by atoms with Crippen LogP contribution in [0.4, 0.5) is 9.18 Å². The van der Waals surface area contributed by atoms with Gasteiger partial charge in [0, 0.05) is 62.0 Å². The normalized spacial score (nSPS) is 13.1. The lowest BCUT2D eigenvalue weighted by molar-refractivity contribution is 0.210. The monoisotopic (exact) mass is 508 g/mol. The zero-order chi connectivity index (χ0) is 26.2. The van der Waals surface area contributed by atoms with Crippen LogP contribution in [0.15, 0.2) is 67.7 Å². The quantitative estimate of drug-likeness (QED) is 0.390. The van der Waals surface area contributed by atoms with Gasteiger partial charge >= 0.3 is 6.03 Å². The van der Waals surface area contributed by atoms with Gasteiger partial charge in [-0.2, -0.15) is 20.6 Å². The highest BCUT2D eigenvalue weighted by atomic mass is 19.1. The van der Waals surface area contributed by atoms with Crippen LogP contribution in [0.3, 0.4) is 0 Å².